The Bertz CT molecular complexity index is 626. The summed E-state index contributed by atoms with van der Waals surface area (Å²) >= 11 is 3.51. The number of nitrogens with one attached hydrogen (secondary N) is 1. The zero-order valence-electron chi connectivity index (χ0n) is 11.6. The van der Waals surface area contributed by atoms with Gasteiger partial charge in [-0.3, -0.25) is 0 Å². The first-order valence-electron chi connectivity index (χ1n) is 6.52. The Morgan fingerprint density at radius 3 is 2.57 bits per heavy atom. The second kappa shape index (κ2) is 7.13. The van der Waals surface area contributed by atoms with E-state index >= 15 is 0 Å². The fourth-order valence-electron chi connectivity index (χ4n) is 1.81. The predicted octanol–water partition coefficient (Wildman–Crippen LogP) is 3.95. The van der Waals surface area contributed by atoms with Crippen molar-refractivity contribution in [2.75, 3.05) is 18.5 Å². The molecule has 0 amide bonds. The first-order valence-corrected chi connectivity index (χ1v) is 7.32. The summed E-state index contributed by atoms with van der Waals surface area (Å²) in [6, 6.07) is 12.5. The molecule has 0 aliphatic rings. The molecule has 0 aromatic heterocycles. The van der Waals surface area contributed by atoms with Crippen LogP contribution < -0.4 is 10.1 Å². The van der Waals surface area contributed by atoms with Crippen LogP contribution in [0.1, 0.15) is 15.9 Å². The van der Waals surface area contributed by atoms with Crippen molar-refractivity contribution >= 4 is 27.6 Å². The summed E-state index contributed by atoms with van der Waals surface area (Å²) < 4.78 is 6.58. The van der Waals surface area contributed by atoms with Gasteiger partial charge in [-0.05, 0) is 64.8 Å². The molecule has 0 fully saturated rings. The van der Waals surface area contributed by atoms with E-state index in [2.05, 4.69) is 21.2 Å². The van der Waals surface area contributed by atoms with Crippen molar-refractivity contribution in [3.05, 3.63) is 58.1 Å². The van der Waals surface area contributed by atoms with Crippen LogP contribution in [0.3, 0.4) is 0 Å². The first-order chi connectivity index (χ1) is 10.1. The molecule has 0 saturated carbocycles. The Morgan fingerprint density at radius 1 is 1.24 bits per heavy atom. The average Bonchev–Trinajstić information content (AvgIpc) is 2.46. The second-order valence-electron chi connectivity index (χ2n) is 4.59. The molecule has 2 aromatic rings. The van der Waals surface area contributed by atoms with Crippen LogP contribution >= 0.6 is 15.9 Å². The van der Waals surface area contributed by atoms with Crippen LogP contribution in [0.4, 0.5) is 5.69 Å². The molecule has 2 N–H and O–H groups in total. The molecule has 0 atom stereocenters. The number of aromatic carboxylic acids is 1. The molecule has 4 nitrogen and oxygen atoms in total. The van der Waals surface area contributed by atoms with Crippen molar-refractivity contribution in [3.63, 3.8) is 0 Å². The van der Waals surface area contributed by atoms with Gasteiger partial charge in [0.05, 0.1) is 5.56 Å². The minimum absolute atomic E-state index is 0.254. The normalized spacial score (nSPS) is 10.2. The van der Waals surface area contributed by atoms with E-state index in [1.165, 1.54) is 17.7 Å². The first kappa shape index (κ1) is 15.4. The highest BCUT2D eigenvalue weighted by Gasteiger charge is 2.02. The van der Waals surface area contributed by atoms with Crippen molar-refractivity contribution < 1.29 is 14.6 Å². The zero-order chi connectivity index (χ0) is 15.2. The number of carbonyl (C=O) groups is 1. The van der Waals surface area contributed by atoms with E-state index in [0.29, 0.717) is 18.9 Å². The SMILES string of the molecule is Cc1ccc(NCCOc2ccc(C(=O)O)cc2)c(Br)c1. The lowest BCUT2D eigenvalue weighted by atomic mass is 10.2. The van der Waals surface area contributed by atoms with Gasteiger partial charge < -0.3 is 15.2 Å². The number of ether oxygens (including phenoxy) is 1. The van der Waals surface area contributed by atoms with Crippen molar-refractivity contribution in [1.29, 1.82) is 0 Å². The molecular weight excluding hydrogens is 334 g/mol. The van der Waals surface area contributed by atoms with Gasteiger partial charge in [0.1, 0.15) is 12.4 Å². The number of hydrogen-bond donors (Lipinski definition) is 2. The van der Waals surface area contributed by atoms with E-state index in [1.807, 2.05) is 25.1 Å². The quantitative estimate of drug-likeness (QED) is 0.775. The molecule has 0 saturated heterocycles. The van der Waals surface area contributed by atoms with Crippen LogP contribution in [-0.2, 0) is 0 Å². The van der Waals surface area contributed by atoms with Crippen molar-refractivity contribution in [3.8, 4) is 5.75 Å². The summed E-state index contributed by atoms with van der Waals surface area (Å²) in [5.74, 6) is -0.280. The van der Waals surface area contributed by atoms with E-state index in [1.54, 1.807) is 12.1 Å². The number of carboxylic acids is 1. The number of anilines is 1. The van der Waals surface area contributed by atoms with Crippen LogP contribution in [-0.4, -0.2) is 24.2 Å². The van der Waals surface area contributed by atoms with Gasteiger partial charge in [-0.1, -0.05) is 6.07 Å². The van der Waals surface area contributed by atoms with Gasteiger partial charge in [0.15, 0.2) is 0 Å². The molecule has 21 heavy (non-hydrogen) atoms. The Morgan fingerprint density at radius 2 is 1.95 bits per heavy atom. The van der Waals surface area contributed by atoms with E-state index in [9.17, 15) is 4.79 Å². The topological polar surface area (TPSA) is 58.6 Å². The maximum atomic E-state index is 10.7. The molecule has 0 aliphatic carbocycles. The molecule has 0 bridgehead atoms. The fourth-order valence-corrected chi connectivity index (χ4v) is 2.45. The summed E-state index contributed by atoms with van der Waals surface area (Å²) in [6.07, 6.45) is 0. The maximum Gasteiger partial charge on any atom is 0.335 e. The predicted molar refractivity (Wildman–Crippen MR) is 86.3 cm³/mol. The lowest BCUT2D eigenvalue weighted by Crippen LogP contribution is -2.11. The molecule has 0 heterocycles. The maximum absolute atomic E-state index is 10.7. The summed E-state index contributed by atoms with van der Waals surface area (Å²) in [6.45, 7) is 3.19. The Hall–Kier alpha value is -2.01. The molecular formula is C16H16BrNO3. The smallest absolute Gasteiger partial charge is 0.335 e. The molecule has 0 radical (unpaired) electrons. The van der Waals surface area contributed by atoms with Crippen molar-refractivity contribution in [2.24, 2.45) is 0 Å². The Kier molecular flexibility index (Phi) is 5.22. The van der Waals surface area contributed by atoms with Crippen LogP contribution in [0.25, 0.3) is 0 Å². The third-order valence-electron chi connectivity index (χ3n) is 2.91. The van der Waals surface area contributed by atoms with Gasteiger partial charge in [-0.25, -0.2) is 4.79 Å². The molecule has 2 aromatic carbocycles. The zero-order valence-corrected chi connectivity index (χ0v) is 13.2. The highest BCUT2D eigenvalue weighted by Crippen LogP contribution is 2.23. The Labute approximate surface area is 131 Å². The summed E-state index contributed by atoms with van der Waals surface area (Å²) in [7, 11) is 0. The molecule has 0 spiro atoms. The summed E-state index contributed by atoms with van der Waals surface area (Å²) in [5.41, 5.74) is 2.47. The minimum atomic E-state index is -0.938. The lowest BCUT2D eigenvalue weighted by Gasteiger charge is -2.10. The number of carboxylic acid groups (broad SMARTS) is 1. The number of benzene rings is 2. The van der Waals surface area contributed by atoms with E-state index in [-0.39, 0.29) is 5.56 Å². The van der Waals surface area contributed by atoms with Crippen LogP contribution in [0, 0.1) is 6.92 Å². The number of rotatable bonds is 6. The van der Waals surface area contributed by atoms with Crippen molar-refractivity contribution in [1.82, 2.24) is 0 Å². The number of hydrogen-bond acceptors (Lipinski definition) is 3. The highest BCUT2D eigenvalue weighted by atomic mass is 79.9. The number of aryl methyl sites for hydroxylation is 1. The van der Waals surface area contributed by atoms with Gasteiger partial charge >= 0.3 is 5.97 Å². The van der Waals surface area contributed by atoms with Crippen LogP contribution in [0.15, 0.2) is 46.9 Å². The summed E-state index contributed by atoms with van der Waals surface area (Å²) in [4.78, 5) is 10.7. The highest BCUT2D eigenvalue weighted by molar-refractivity contribution is 9.10. The average molecular weight is 350 g/mol. The number of halogens is 1. The Balaban J connectivity index is 1.80. The van der Waals surface area contributed by atoms with E-state index < -0.39 is 5.97 Å². The molecule has 0 unspecified atom stereocenters. The van der Waals surface area contributed by atoms with Crippen molar-refractivity contribution in [2.45, 2.75) is 6.92 Å². The second-order valence-corrected chi connectivity index (χ2v) is 5.44. The molecule has 2 rings (SSSR count). The third-order valence-corrected chi connectivity index (χ3v) is 3.57. The van der Waals surface area contributed by atoms with E-state index in [4.69, 9.17) is 9.84 Å². The standard InChI is InChI=1S/C16H16BrNO3/c1-11-2-7-15(14(17)10-11)18-8-9-21-13-5-3-12(4-6-13)16(19)20/h2-7,10,18H,8-9H2,1H3,(H,19,20). The summed E-state index contributed by atoms with van der Waals surface area (Å²) in [5, 5.41) is 12.1. The molecule has 5 heteroatoms. The van der Waals surface area contributed by atoms with Crippen LogP contribution in [0.2, 0.25) is 0 Å². The lowest BCUT2D eigenvalue weighted by molar-refractivity contribution is 0.0697. The van der Waals surface area contributed by atoms with Gasteiger partial charge in [0.25, 0.3) is 0 Å². The van der Waals surface area contributed by atoms with Gasteiger partial charge in [-0.2, -0.15) is 0 Å². The molecule has 110 valence electrons. The minimum Gasteiger partial charge on any atom is -0.492 e. The third kappa shape index (κ3) is 4.49. The molecule has 0 aliphatic heterocycles. The largest absolute Gasteiger partial charge is 0.492 e. The monoisotopic (exact) mass is 349 g/mol. The fraction of sp³-hybridized carbons (Fsp3) is 0.188. The van der Waals surface area contributed by atoms with Gasteiger partial charge in [-0.15, -0.1) is 0 Å². The van der Waals surface area contributed by atoms with Crippen LogP contribution in [0.5, 0.6) is 5.75 Å². The van der Waals surface area contributed by atoms with E-state index in [0.717, 1.165) is 10.2 Å². The van der Waals surface area contributed by atoms with Gasteiger partial charge in [0.2, 0.25) is 0 Å². The van der Waals surface area contributed by atoms with Gasteiger partial charge in [0, 0.05) is 16.7 Å².